The summed E-state index contributed by atoms with van der Waals surface area (Å²) in [5, 5.41) is 12.8. The van der Waals surface area contributed by atoms with Crippen molar-refractivity contribution in [3.63, 3.8) is 0 Å². The summed E-state index contributed by atoms with van der Waals surface area (Å²) in [6, 6.07) is 15.8. The molecule has 0 bridgehead atoms. The van der Waals surface area contributed by atoms with Crippen molar-refractivity contribution in [2.75, 3.05) is 18.6 Å². The van der Waals surface area contributed by atoms with E-state index in [0.717, 1.165) is 4.90 Å². The first-order chi connectivity index (χ1) is 14.1. The number of imide groups is 1. The maximum absolute atomic E-state index is 13.0. The standard InChI is InChI=1S/C21H17N3O5/c1-27-18-11-14(7-8-17(18)28-10-9-22)16-12-21(29-23-16)13-19(25)24(20(21)26)15-5-3-2-4-6-15/h2-8,11H,10,12-13H2,1H3. The van der Waals surface area contributed by atoms with E-state index in [1.165, 1.54) is 7.11 Å². The van der Waals surface area contributed by atoms with Crippen LogP contribution in [0.15, 0.2) is 53.7 Å². The van der Waals surface area contributed by atoms with E-state index in [9.17, 15) is 9.59 Å². The highest BCUT2D eigenvalue weighted by molar-refractivity contribution is 6.25. The molecule has 1 saturated heterocycles. The summed E-state index contributed by atoms with van der Waals surface area (Å²) < 4.78 is 10.6. The van der Waals surface area contributed by atoms with Gasteiger partial charge in [0.05, 0.1) is 24.9 Å². The normalized spacial score (nSPS) is 20.4. The van der Waals surface area contributed by atoms with E-state index in [4.69, 9.17) is 19.6 Å². The molecule has 2 aromatic rings. The van der Waals surface area contributed by atoms with Gasteiger partial charge in [-0.3, -0.25) is 9.59 Å². The van der Waals surface area contributed by atoms with Crippen molar-refractivity contribution in [1.29, 1.82) is 5.26 Å². The van der Waals surface area contributed by atoms with Crippen LogP contribution in [0.1, 0.15) is 18.4 Å². The number of ether oxygens (including phenoxy) is 2. The summed E-state index contributed by atoms with van der Waals surface area (Å²) in [6.45, 7) is -0.102. The molecule has 1 spiro atoms. The Labute approximate surface area is 166 Å². The second-order valence-electron chi connectivity index (χ2n) is 6.66. The van der Waals surface area contributed by atoms with Gasteiger partial charge in [-0.2, -0.15) is 5.26 Å². The van der Waals surface area contributed by atoms with Gasteiger partial charge in [0.25, 0.3) is 5.91 Å². The highest BCUT2D eigenvalue weighted by Gasteiger charge is 2.58. The summed E-state index contributed by atoms with van der Waals surface area (Å²) in [6.07, 6.45) is 0.0939. The topological polar surface area (TPSA) is 101 Å². The number of benzene rings is 2. The number of para-hydroxylation sites is 1. The third-order valence-corrected chi connectivity index (χ3v) is 4.87. The number of hydrogen-bond acceptors (Lipinski definition) is 7. The van der Waals surface area contributed by atoms with E-state index in [-0.39, 0.29) is 25.4 Å². The average molecular weight is 391 g/mol. The summed E-state index contributed by atoms with van der Waals surface area (Å²) in [5.74, 6) is 0.111. The molecule has 1 fully saturated rings. The van der Waals surface area contributed by atoms with Gasteiger partial charge in [-0.1, -0.05) is 23.4 Å². The zero-order valence-corrected chi connectivity index (χ0v) is 15.6. The zero-order chi connectivity index (χ0) is 20.4. The number of carbonyl (C=O) groups is 2. The molecule has 0 radical (unpaired) electrons. The number of rotatable bonds is 5. The second kappa shape index (κ2) is 7.28. The van der Waals surface area contributed by atoms with Crippen LogP contribution in [0.3, 0.4) is 0 Å². The van der Waals surface area contributed by atoms with Crippen LogP contribution < -0.4 is 14.4 Å². The molecule has 2 amide bonds. The molecule has 2 aromatic carbocycles. The fraction of sp³-hybridized carbons (Fsp3) is 0.238. The quantitative estimate of drug-likeness (QED) is 0.726. The molecule has 0 saturated carbocycles. The predicted octanol–water partition coefficient (Wildman–Crippen LogP) is 2.42. The minimum absolute atomic E-state index is 0.0752. The lowest BCUT2D eigenvalue weighted by Crippen LogP contribution is -2.40. The lowest BCUT2D eigenvalue weighted by Gasteiger charge is -2.19. The Kier molecular flexibility index (Phi) is 4.64. The van der Waals surface area contributed by atoms with E-state index in [2.05, 4.69) is 5.16 Å². The Hall–Kier alpha value is -3.86. The number of oxime groups is 1. The highest BCUT2D eigenvalue weighted by atomic mass is 16.7. The zero-order valence-electron chi connectivity index (χ0n) is 15.6. The van der Waals surface area contributed by atoms with E-state index in [1.54, 1.807) is 42.5 Å². The number of carbonyl (C=O) groups excluding carboxylic acids is 2. The SMILES string of the molecule is COc1cc(C2=NOC3(CC(=O)N(c4ccccc4)C3=O)C2)ccc1OCC#N. The van der Waals surface area contributed by atoms with E-state index < -0.39 is 11.5 Å². The summed E-state index contributed by atoms with van der Waals surface area (Å²) in [5.41, 5.74) is 0.399. The molecule has 146 valence electrons. The molecule has 0 N–H and O–H groups in total. The number of amides is 2. The molecule has 8 heteroatoms. The van der Waals surface area contributed by atoms with Crippen LogP contribution >= 0.6 is 0 Å². The smallest absolute Gasteiger partial charge is 0.281 e. The predicted molar refractivity (Wildman–Crippen MR) is 103 cm³/mol. The number of methoxy groups -OCH3 is 1. The van der Waals surface area contributed by atoms with Crippen LogP contribution in [0.2, 0.25) is 0 Å². The molecule has 8 nitrogen and oxygen atoms in total. The molecule has 1 atom stereocenters. The van der Waals surface area contributed by atoms with Gasteiger partial charge in [0.1, 0.15) is 6.07 Å². The Morgan fingerprint density at radius 1 is 1.17 bits per heavy atom. The Morgan fingerprint density at radius 2 is 1.97 bits per heavy atom. The Balaban J connectivity index is 1.57. The van der Waals surface area contributed by atoms with Crippen molar-refractivity contribution >= 4 is 23.2 Å². The van der Waals surface area contributed by atoms with Crippen LogP contribution in [-0.4, -0.2) is 36.8 Å². The van der Waals surface area contributed by atoms with Gasteiger partial charge in [-0.15, -0.1) is 0 Å². The van der Waals surface area contributed by atoms with Crippen molar-refractivity contribution in [3.8, 4) is 17.6 Å². The molecule has 0 aromatic heterocycles. The van der Waals surface area contributed by atoms with Crippen LogP contribution in [0.4, 0.5) is 5.69 Å². The first-order valence-electron chi connectivity index (χ1n) is 8.93. The van der Waals surface area contributed by atoms with Gasteiger partial charge in [0, 0.05) is 12.0 Å². The van der Waals surface area contributed by atoms with Gasteiger partial charge in [0.15, 0.2) is 18.1 Å². The third-order valence-electron chi connectivity index (χ3n) is 4.87. The molecular formula is C21H17N3O5. The molecule has 29 heavy (non-hydrogen) atoms. The minimum atomic E-state index is -1.33. The molecular weight excluding hydrogens is 374 g/mol. The number of anilines is 1. The number of nitrogens with zero attached hydrogens (tertiary/aromatic N) is 3. The maximum Gasteiger partial charge on any atom is 0.281 e. The second-order valence-corrected chi connectivity index (χ2v) is 6.66. The van der Waals surface area contributed by atoms with Gasteiger partial charge in [-0.25, -0.2) is 4.90 Å². The summed E-state index contributed by atoms with van der Waals surface area (Å²) in [7, 11) is 1.49. The fourth-order valence-electron chi connectivity index (χ4n) is 3.47. The largest absolute Gasteiger partial charge is 0.493 e. The van der Waals surface area contributed by atoms with Crippen molar-refractivity contribution in [2.45, 2.75) is 18.4 Å². The molecule has 0 aliphatic carbocycles. The van der Waals surface area contributed by atoms with Crippen molar-refractivity contribution in [3.05, 3.63) is 54.1 Å². The van der Waals surface area contributed by atoms with E-state index >= 15 is 0 Å². The number of hydrogen-bond donors (Lipinski definition) is 0. The van der Waals surface area contributed by atoms with Crippen LogP contribution in [0.5, 0.6) is 11.5 Å². The lowest BCUT2D eigenvalue weighted by molar-refractivity contribution is -0.136. The highest BCUT2D eigenvalue weighted by Crippen LogP contribution is 2.40. The van der Waals surface area contributed by atoms with Crippen LogP contribution in [0.25, 0.3) is 0 Å². The monoisotopic (exact) mass is 391 g/mol. The van der Waals surface area contributed by atoms with Crippen molar-refractivity contribution < 1.29 is 23.9 Å². The van der Waals surface area contributed by atoms with Crippen molar-refractivity contribution in [2.24, 2.45) is 5.16 Å². The number of nitriles is 1. The first kappa shape index (κ1) is 18.5. The maximum atomic E-state index is 13.0. The van der Waals surface area contributed by atoms with Gasteiger partial charge in [-0.05, 0) is 30.3 Å². The average Bonchev–Trinajstić information content (AvgIpc) is 3.28. The van der Waals surface area contributed by atoms with E-state index in [1.807, 2.05) is 12.1 Å². The third kappa shape index (κ3) is 3.17. The fourth-order valence-corrected chi connectivity index (χ4v) is 3.47. The summed E-state index contributed by atoms with van der Waals surface area (Å²) >= 11 is 0. The van der Waals surface area contributed by atoms with Gasteiger partial charge >= 0.3 is 0 Å². The van der Waals surface area contributed by atoms with E-state index in [0.29, 0.717) is 28.5 Å². The van der Waals surface area contributed by atoms with Crippen LogP contribution in [-0.2, 0) is 14.4 Å². The minimum Gasteiger partial charge on any atom is -0.493 e. The molecule has 4 rings (SSSR count). The van der Waals surface area contributed by atoms with Gasteiger partial charge < -0.3 is 14.3 Å². The molecule has 2 heterocycles. The summed E-state index contributed by atoms with van der Waals surface area (Å²) in [4.78, 5) is 32.3. The van der Waals surface area contributed by atoms with Crippen molar-refractivity contribution in [1.82, 2.24) is 0 Å². The lowest BCUT2D eigenvalue weighted by atomic mass is 9.92. The molecule has 2 aliphatic heterocycles. The first-order valence-corrected chi connectivity index (χ1v) is 8.93. The van der Waals surface area contributed by atoms with Gasteiger partial charge in [0.2, 0.25) is 11.5 Å². The van der Waals surface area contributed by atoms with Crippen LogP contribution in [0, 0.1) is 11.3 Å². The Morgan fingerprint density at radius 3 is 2.69 bits per heavy atom. The Bertz CT molecular complexity index is 1040. The molecule has 1 unspecified atom stereocenters. The molecule has 2 aliphatic rings.